The summed E-state index contributed by atoms with van der Waals surface area (Å²) >= 11 is 0. The molecule has 1 fully saturated rings. The van der Waals surface area contributed by atoms with Crippen LogP contribution in [-0.2, 0) is 19.2 Å². The second-order valence-electron chi connectivity index (χ2n) is 9.83. The van der Waals surface area contributed by atoms with Gasteiger partial charge in [0.15, 0.2) is 0 Å². The van der Waals surface area contributed by atoms with Crippen molar-refractivity contribution < 1.29 is 24.3 Å². The Balaban J connectivity index is 3.01. The maximum absolute atomic E-state index is 13.2. The van der Waals surface area contributed by atoms with Crippen molar-refractivity contribution >= 4 is 23.7 Å². The highest BCUT2D eigenvalue weighted by atomic mass is 16.4. The highest BCUT2D eigenvalue weighted by molar-refractivity contribution is 5.94. The van der Waals surface area contributed by atoms with E-state index in [-0.39, 0.29) is 23.7 Å². The number of nitrogens with two attached hydrogens (primary N) is 1. The molecule has 1 rings (SSSR count). The zero-order valence-corrected chi connectivity index (χ0v) is 20.4. The second-order valence-corrected chi connectivity index (χ2v) is 9.83. The molecule has 1 aliphatic heterocycles. The predicted molar refractivity (Wildman–Crippen MR) is 123 cm³/mol. The highest BCUT2D eigenvalue weighted by Crippen LogP contribution is 2.21. The third kappa shape index (κ3) is 8.07. The summed E-state index contributed by atoms with van der Waals surface area (Å²) in [5.41, 5.74) is 5.99. The van der Waals surface area contributed by atoms with E-state index in [1.54, 1.807) is 0 Å². The molecule has 0 spiro atoms. The van der Waals surface area contributed by atoms with Gasteiger partial charge < -0.3 is 26.4 Å². The van der Waals surface area contributed by atoms with Crippen molar-refractivity contribution in [2.75, 3.05) is 6.54 Å². The van der Waals surface area contributed by atoms with Gasteiger partial charge in [0.05, 0.1) is 6.04 Å². The first kappa shape index (κ1) is 27.9. The molecule has 0 unspecified atom stereocenters. The summed E-state index contributed by atoms with van der Waals surface area (Å²) in [6.45, 7) is 11.9. The number of amides is 3. The number of rotatable bonds is 12. The van der Waals surface area contributed by atoms with Crippen LogP contribution in [0, 0.1) is 17.8 Å². The minimum atomic E-state index is -1.03. The predicted octanol–water partition coefficient (Wildman–Crippen LogP) is 1.50. The van der Waals surface area contributed by atoms with Crippen molar-refractivity contribution in [3.63, 3.8) is 0 Å². The first-order chi connectivity index (χ1) is 14.9. The SMILES string of the molecule is CC[C@H](C)[C@H](NC(=O)[C@@H](N)CC(C)C)C(=O)N[C@@H](CC(C)C)C(=O)N1CCC[C@H]1C(=O)O. The molecule has 32 heavy (non-hydrogen) atoms. The normalized spacial score (nSPS) is 20.0. The molecule has 0 saturated carbocycles. The van der Waals surface area contributed by atoms with E-state index >= 15 is 0 Å². The minimum absolute atomic E-state index is 0.103. The first-order valence-electron chi connectivity index (χ1n) is 11.8. The zero-order valence-electron chi connectivity index (χ0n) is 20.4. The summed E-state index contributed by atoms with van der Waals surface area (Å²) in [5, 5.41) is 15.0. The van der Waals surface area contributed by atoms with Crippen molar-refractivity contribution in [1.82, 2.24) is 15.5 Å². The third-order valence-electron chi connectivity index (χ3n) is 6.00. The van der Waals surface area contributed by atoms with Gasteiger partial charge in [-0.25, -0.2) is 4.79 Å². The van der Waals surface area contributed by atoms with Crippen LogP contribution < -0.4 is 16.4 Å². The molecule has 3 amide bonds. The van der Waals surface area contributed by atoms with Crippen LogP contribution in [0.3, 0.4) is 0 Å². The Kier molecular flexibility index (Phi) is 11.1. The van der Waals surface area contributed by atoms with E-state index in [1.807, 2.05) is 41.5 Å². The van der Waals surface area contributed by atoms with Gasteiger partial charge in [-0.05, 0) is 43.4 Å². The average molecular weight is 455 g/mol. The van der Waals surface area contributed by atoms with Gasteiger partial charge in [-0.15, -0.1) is 0 Å². The summed E-state index contributed by atoms with van der Waals surface area (Å²) < 4.78 is 0. The molecule has 0 radical (unpaired) electrons. The quantitative estimate of drug-likeness (QED) is 0.352. The van der Waals surface area contributed by atoms with Gasteiger partial charge in [0.1, 0.15) is 18.1 Å². The lowest BCUT2D eigenvalue weighted by Crippen LogP contribution is -2.58. The molecule has 1 heterocycles. The molecule has 0 aromatic heterocycles. The van der Waals surface area contributed by atoms with E-state index in [1.165, 1.54) is 4.90 Å². The average Bonchev–Trinajstić information content (AvgIpc) is 3.19. The van der Waals surface area contributed by atoms with Gasteiger partial charge in [-0.1, -0.05) is 48.0 Å². The number of hydrogen-bond donors (Lipinski definition) is 4. The third-order valence-corrected chi connectivity index (χ3v) is 6.00. The summed E-state index contributed by atoms with van der Waals surface area (Å²) in [5.74, 6) is -2.09. The maximum atomic E-state index is 13.2. The largest absolute Gasteiger partial charge is 0.480 e. The number of carboxylic acids is 1. The van der Waals surface area contributed by atoms with Crippen LogP contribution in [0.5, 0.6) is 0 Å². The molecule has 5 atom stereocenters. The fourth-order valence-electron chi connectivity index (χ4n) is 4.02. The Bertz CT molecular complexity index is 667. The number of aliphatic carboxylic acids is 1. The topological polar surface area (TPSA) is 142 Å². The van der Waals surface area contributed by atoms with E-state index in [0.717, 1.165) is 0 Å². The Morgan fingerprint density at radius 3 is 2.09 bits per heavy atom. The molecule has 1 aliphatic rings. The molecular weight excluding hydrogens is 412 g/mol. The van der Waals surface area contributed by atoms with Gasteiger partial charge in [0, 0.05) is 6.54 Å². The molecule has 9 nitrogen and oxygen atoms in total. The van der Waals surface area contributed by atoms with Crippen molar-refractivity contribution in [2.45, 2.75) is 97.8 Å². The fourth-order valence-corrected chi connectivity index (χ4v) is 4.02. The van der Waals surface area contributed by atoms with Crippen molar-refractivity contribution in [3.05, 3.63) is 0 Å². The summed E-state index contributed by atoms with van der Waals surface area (Å²) in [6, 6.07) is -3.27. The van der Waals surface area contributed by atoms with Gasteiger partial charge in [0.2, 0.25) is 17.7 Å². The lowest BCUT2D eigenvalue weighted by atomic mass is 9.95. The van der Waals surface area contributed by atoms with E-state index in [4.69, 9.17) is 5.73 Å². The second kappa shape index (κ2) is 12.8. The Labute approximate surface area is 191 Å². The standard InChI is InChI=1S/C23H42N4O5/c1-7-15(6)19(26-20(28)16(24)11-13(2)3)21(29)25-17(12-14(4)5)22(30)27-10-8-9-18(27)23(31)32/h13-19H,7-12,24H2,1-6H3,(H,25,29)(H,26,28)(H,31,32)/t15-,16-,17-,18-,19-/m0/s1. The molecule has 9 heteroatoms. The Hall–Kier alpha value is -2.16. The van der Waals surface area contributed by atoms with Crippen molar-refractivity contribution in [3.8, 4) is 0 Å². The number of nitrogens with one attached hydrogen (secondary N) is 2. The molecule has 0 bridgehead atoms. The minimum Gasteiger partial charge on any atom is -0.480 e. The van der Waals surface area contributed by atoms with Crippen LogP contribution in [0.25, 0.3) is 0 Å². The van der Waals surface area contributed by atoms with E-state index < -0.39 is 42.0 Å². The van der Waals surface area contributed by atoms with E-state index in [2.05, 4.69) is 10.6 Å². The Morgan fingerprint density at radius 1 is 1.00 bits per heavy atom. The fraction of sp³-hybridized carbons (Fsp3) is 0.826. The smallest absolute Gasteiger partial charge is 0.326 e. The van der Waals surface area contributed by atoms with Gasteiger partial charge >= 0.3 is 5.97 Å². The molecule has 0 aliphatic carbocycles. The number of hydrogen-bond acceptors (Lipinski definition) is 5. The number of carbonyl (C=O) groups is 4. The van der Waals surface area contributed by atoms with Gasteiger partial charge in [-0.2, -0.15) is 0 Å². The number of nitrogens with zero attached hydrogens (tertiary/aromatic N) is 1. The summed E-state index contributed by atoms with van der Waals surface area (Å²) in [7, 11) is 0. The van der Waals surface area contributed by atoms with Crippen LogP contribution in [0.2, 0.25) is 0 Å². The molecule has 0 aromatic carbocycles. The Morgan fingerprint density at radius 2 is 1.59 bits per heavy atom. The summed E-state index contributed by atoms with van der Waals surface area (Å²) in [6.07, 6.45) is 2.54. The zero-order chi connectivity index (χ0) is 24.6. The van der Waals surface area contributed by atoms with Crippen molar-refractivity contribution in [1.29, 1.82) is 0 Å². The van der Waals surface area contributed by atoms with E-state index in [0.29, 0.717) is 38.6 Å². The number of carbonyl (C=O) groups excluding carboxylic acids is 3. The molecular formula is C23H42N4O5. The van der Waals surface area contributed by atoms with Crippen molar-refractivity contribution in [2.24, 2.45) is 23.5 Å². The van der Waals surface area contributed by atoms with E-state index in [9.17, 15) is 24.3 Å². The van der Waals surface area contributed by atoms with Crippen LogP contribution >= 0.6 is 0 Å². The highest BCUT2D eigenvalue weighted by Gasteiger charge is 2.39. The lowest BCUT2D eigenvalue weighted by Gasteiger charge is -2.31. The van der Waals surface area contributed by atoms with Crippen LogP contribution in [0.15, 0.2) is 0 Å². The van der Waals surface area contributed by atoms with Crippen LogP contribution in [-0.4, -0.2) is 64.4 Å². The molecule has 5 N–H and O–H groups in total. The number of likely N-dealkylation sites (tertiary alicyclic amines) is 1. The molecule has 184 valence electrons. The van der Waals surface area contributed by atoms with Gasteiger partial charge in [-0.3, -0.25) is 14.4 Å². The number of carboxylic acid groups (broad SMARTS) is 1. The first-order valence-corrected chi connectivity index (χ1v) is 11.8. The lowest BCUT2D eigenvalue weighted by molar-refractivity contribution is -0.149. The maximum Gasteiger partial charge on any atom is 0.326 e. The van der Waals surface area contributed by atoms with Gasteiger partial charge in [0.25, 0.3) is 0 Å². The molecule has 1 saturated heterocycles. The summed E-state index contributed by atoms with van der Waals surface area (Å²) in [4.78, 5) is 51.9. The van der Waals surface area contributed by atoms with Crippen LogP contribution in [0.4, 0.5) is 0 Å². The monoisotopic (exact) mass is 454 g/mol. The van der Waals surface area contributed by atoms with Crippen LogP contribution in [0.1, 0.15) is 73.6 Å². The molecule has 0 aromatic rings.